The highest BCUT2D eigenvalue weighted by atomic mass is 32.2. The molecule has 0 aromatic heterocycles. The molecule has 2 aromatic carbocycles. The van der Waals surface area contributed by atoms with Crippen LogP contribution in [0, 0.1) is 0 Å². The van der Waals surface area contributed by atoms with E-state index in [2.05, 4.69) is 5.32 Å². The molecule has 1 aliphatic rings. The van der Waals surface area contributed by atoms with Gasteiger partial charge in [0.15, 0.2) is 0 Å². The molecule has 0 saturated carbocycles. The molecule has 5 nitrogen and oxygen atoms in total. The predicted octanol–water partition coefficient (Wildman–Crippen LogP) is 1.75. The number of ether oxygens (including phenoxy) is 1. The lowest BCUT2D eigenvalue weighted by atomic mass is 10.1. The first-order valence-electron chi connectivity index (χ1n) is 6.64. The van der Waals surface area contributed by atoms with Crippen LogP contribution in [0.2, 0.25) is 0 Å². The number of hydrogen-bond acceptors (Lipinski definition) is 4. The number of nitrogens with one attached hydrogen (secondary N) is 1. The summed E-state index contributed by atoms with van der Waals surface area (Å²) in [4.78, 5) is 0.124. The van der Waals surface area contributed by atoms with Crippen molar-refractivity contribution < 1.29 is 13.2 Å². The van der Waals surface area contributed by atoms with Crippen molar-refractivity contribution in [2.45, 2.75) is 17.4 Å². The highest BCUT2D eigenvalue weighted by molar-refractivity contribution is 7.89. The summed E-state index contributed by atoms with van der Waals surface area (Å²) >= 11 is 0. The molecule has 0 amide bonds. The molecule has 3 N–H and O–H groups in total. The fraction of sp³-hybridized carbons (Fsp3) is 0.200. The number of rotatable bonds is 3. The van der Waals surface area contributed by atoms with Crippen molar-refractivity contribution in [2.24, 2.45) is 5.14 Å². The molecule has 1 unspecified atom stereocenters. The zero-order valence-corrected chi connectivity index (χ0v) is 12.1. The summed E-state index contributed by atoms with van der Waals surface area (Å²) < 4.78 is 28.4. The predicted molar refractivity (Wildman–Crippen MR) is 80.9 cm³/mol. The molecule has 1 atom stereocenters. The van der Waals surface area contributed by atoms with Gasteiger partial charge in [-0.15, -0.1) is 0 Å². The fourth-order valence-electron chi connectivity index (χ4n) is 2.35. The van der Waals surface area contributed by atoms with Crippen LogP contribution >= 0.6 is 0 Å². The lowest BCUT2D eigenvalue weighted by molar-refractivity contribution is 0.206. The van der Waals surface area contributed by atoms with Gasteiger partial charge < -0.3 is 10.1 Å². The zero-order valence-electron chi connectivity index (χ0n) is 11.3. The Bertz CT molecular complexity index is 742. The SMILES string of the molecule is NS(=O)(=O)c1ccc(CC2CNc3ccccc3O2)cc1. The van der Waals surface area contributed by atoms with Crippen LogP contribution in [0.25, 0.3) is 0 Å². The third-order valence-corrected chi connectivity index (χ3v) is 4.35. The first-order chi connectivity index (χ1) is 10.0. The summed E-state index contributed by atoms with van der Waals surface area (Å²) in [5.74, 6) is 0.843. The molecule has 2 aromatic rings. The Balaban J connectivity index is 1.71. The number of primary sulfonamides is 1. The molecule has 0 radical (unpaired) electrons. The van der Waals surface area contributed by atoms with Crippen molar-refractivity contribution in [1.82, 2.24) is 0 Å². The molecule has 0 bridgehead atoms. The topological polar surface area (TPSA) is 81.4 Å². The quantitative estimate of drug-likeness (QED) is 0.905. The van der Waals surface area contributed by atoms with E-state index >= 15 is 0 Å². The van der Waals surface area contributed by atoms with E-state index in [1.165, 1.54) is 12.1 Å². The minimum absolute atomic E-state index is 0.0141. The van der Waals surface area contributed by atoms with Crippen LogP contribution in [-0.4, -0.2) is 21.1 Å². The second kappa shape index (κ2) is 5.38. The second-order valence-corrected chi connectivity index (χ2v) is 6.57. The summed E-state index contributed by atoms with van der Waals surface area (Å²) in [6.07, 6.45) is 0.715. The molecular formula is C15H16N2O3S. The normalized spacial score (nSPS) is 17.5. The van der Waals surface area contributed by atoms with Gasteiger partial charge in [-0.25, -0.2) is 13.6 Å². The number of hydrogen-bond donors (Lipinski definition) is 2. The standard InChI is InChI=1S/C15H16N2O3S/c16-21(18,19)13-7-5-11(6-8-13)9-12-10-17-14-3-1-2-4-15(14)20-12/h1-8,12,17H,9-10H2,(H2,16,18,19). The lowest BCUT2D eigenvalue weighted by Crippen LogP contribution is -2.32. The second-order valence-electron chi connectivity index (χ2n) is 5.01. The van der Waals surface area contributed by atoms with Gasteiger partial charge in [0.25, 0.3) is 0 Å². The van der Waals surface area contributed by atoms with Gasteiger partial charge in [-0.05, 0) is 29.8 Å². The van der Waals surface area contributed by atoms with Gasteiger partial charge >= 0.3 is 0 Å². The van der Waals surface area contributed by atoms with Gasteiger partial charge in [-0.1, -0.05) is 24.3 Å². The number of fused-ring (bicyclic) bond motifs is 1. The molecule has 1 heterocycles. The smallest absolute Gasteiger partial charge is 0.238 e. The highest BCUT2D eigenvalue weighted by Crippen LogP contribution is 2.29. The summed E-state index contributed by atoms with van der Waals surface area (Å²) in [5, 5.41) is 8.41. The molecule has 0 saturated heterocycles. The third-order valence-electron chi connectivity index (χ3n) is 3.42. The van der Waals surface area contributed by atoms with Crippen LogP contribution in [0.1, 0.15) is 5.56 Å². The van der Waals surface area contributed by atoms with Crippen molar-refractivity contribution in [3.63, 3.8) is 0 Å². The molecule has 3 rings (SSSR count). The van der Waals surface area contributed by atoms with Crippen LogP contribution < -0.4 is 15.2 Å². The van der Waals surface area contributed by atoms with E-state index < -0.39 is 10.0 Å². The Labute approximate surface area is 123 Å². The van der Waals surface area contributed by atoms with E-state index in [1.807, 2.05) is 24.3 Å². The van der Waals surface area contributed by atoms with E-state index in [1.54, 1.807) is 12.1 Å². The Morgan fingerprint density at radius 2 is 1.86 bits per heavy atom. The molecule has 1 aliphatic heterocycles. The van der Waals surface area contributed by atoms with Gasteiger partial charge in [0, 0.05) is 6.42 Å². The summed E-state index contributed by atoms with van der Waals surface area (Å²) in [6.45, 7) is 0.716. The van der Waals surface area contributed by atoms with Gasteiger partial charge in [0.1, 0.15) is 11.9 Å². The van der Waals surface area contributed by atoms with E-state index in [0.29, 0.717) is 13.0 Å². The Kier molecular flexibility index (Phi) is 3.57. The average Bonchev–Trinajstić information content (AvgIpc) is 2.47. The van der Waals surface area contributed by atoms with Crippen molar-refractivity contribution in [2.75, 3.05) is 11.9 Å². The molecule has 6 heteroatoms. The van der Waals surface area contributed by atoms with Crippen LogP contribution in [0.15, 0.2) is 53.4 Å². The molecule has 110 valence electrons. The van der Waals surface area contributed by atoms with E-state index in [-0.39, 0.29) is 11.0 Å². The number of sulfonamides is 1. The Morgan fingerprint density at radius 3 is 2.57 bits per heavy atom. The van der Waals surface area contributed by atoms with Crippen LogP contribution in [-0.2, 0) is 16.4 Å². The molecule has 0 spiro atoms. The molecule has 21 heavy (non-hydrogen) atoms. The van der Waals surface area contributed by atoms with E-state index in [0.717, 1.165) is 17.0 Å². The monoisotopic (exact) mass is 304 g/mol. The van der Waals surface area contributed by atoms with Crippen molar-refractivity contribution >= 4 is 15.7 Å². The molecule has 0 aliphatic carbocycles. The van der Waals surface area contributed by atoms with Gasteiger partial charge in [-0.2, -0.15) is 0 Å². The maximum absolute atomic E-state index is 11.2. The van der Waals surface area contributed by atoms with Crippen molar-refractivity contribution in [3.8, 4) is 5.75 Å². The maximum atomic E-state index is 11.2. The highest BCUT2D eigenvalue weighted by Gasteiger charge is 2.19. The Hall–Kier alpha value is -2.05. The van der Waals surface area contributed by atoms with Gasteiger partial charge in [-0.3, -0.25) is 0 Å². The average molecular weight is 304 g/mol. The maximum Gasteiger partial charge on any atom is 0.238 e. The summed E-state index contributed by atoms with van der Waals surface area (Å²) in [5.41, 5.74) is 2.01. The Morgan fingerprint density at radius 1 is 1.14 bits per heavy atom. The first kappa shape index (κ1) is 13.9. The van der Waals surface area contributed by atoms with E-state index in [4.69, 9.17) is 9.88 Å². The van der Waals surface area contributed by atoms with Gasteiger partial charge in [0.05, 0.1) is 17.1 Å². The third kappa shape index (κ3) is 3.17. The van der Waals surface area contributed by atoms with Crippen LogP contribution in [0.4, 0.5) is 5.69 Å². The zero-order chi connectivity index (χ0) is 14.9. The molecule has 0 fully saturated rings. The number of benzene rings is 2. The number of para-hydroxylation sites is 2. The van der Waals surface area contributed by atoms with Crippen LogP contribution in [0.3, 0.4) is 0 Å². The summed E-state index contributed by atoms with van der Waals surface area (Å²) in [6, 6.07) is 14.4. The summed E-state index contributed by atoms with van der Waals surface area (Å²) in [7, 11) is -3.64. The van der Waals surface area contributed by atoms with Gasteiger partial charge in [0.2, 0.25) is 10.0 Å². The van der Waals surface area contributed by atoms with Crippen molar-refractivity contribution in [3.05, 3.63) is 54.1 Å². The van der Waals surface area contributed by atoms with Crippen molar-refractivity contribution in [1.29, 1.82) is 0 Å². The lowest BCUT2D eigenvalue weighted by Gasteiger charge is -2.27. The minimum Gasteiger partial charge on any atom is -0.486 e. The van der Waals surface area contributed by atoms with Crippen LogP contribution in [0.5, 0.6) is 5.75 Å². The largest absolute Gasteiger partial charge is 0.486 e. The number of anilines is 1. The fourth-order valence-corrected chi connectivity index (χ4v) is 2.87. The minimum atomic E-state index is -3.64. The molecular weight excluding hydrogens is 288 g/mol. The first-order valence-corrected chi connectivity index (χ1v) is 8.18. The van der Waals surface area contributed by atoms with E-state index in [9.17, 15) is 8.42 Å². The number of nitrogens with two attached hydrogens (primary N) is 1.